The number of H-pyrrole nitrogens is 1. The maximum atomic E-state index is 13.6. The number of phenolic OH excluding ortho intramolecular Hbond substituents is 1. The van der Waals surface area contributed by atoms with Crippen LogP contribution in [0.25, 0.3) is 33.5 Å². The number of aromatic amines is 1. The Bertz CT molecular complexity index is 1670. The molecule has 1 atom stereocenters. The van der Waals surface area contributed by atoms with Crippen molar-refractivity contribution in [3.63, 3.8) is 0 Å². The molecule has 0 radical (unpaired) electrons. The summed E-state index contributed by atoms with van der Waals surface area (Å²) < 4.78 is 10.9. The van der Waals surface area contributed by atoms with Crippen molar-refractivity contribution < 1.29 is 19.2 Å². The molecule has 1 aliphatic heterocycles. The summed E-state index contributed by atoms with van der Waals surface area (Å²) in [5.74, 6) is 2.23. The largest absolute Gasteiger partial charge is 0.507 e. The van der Waals surface area contributed by atoms with Gasteiger partial charge in [0.1, 0.15) is 17.6 Å². The predicted octanol–water partition coefficient (Wildman–Crippen LogP) is 5.49. The zero-order valence-electron chi connectivity index (χ0n) is 21.9. The third-order valence-corrected chi connectivity index (χ3v) is 7.03. The lowest BCUT2D eigenvalue weighted by atomic mass is 10.0. The molecular formula is C29H28N6O4. The minimum Gasteiger partial charge on any atom is -0.507 e. The number of phenols is 1. The highest BCUT2D eigenvalue weighted by Gasteiger charge is 2.35. The van der Waals surface area contributed by atoms with Crippen LogP contribution >= 0.6 is 0 Å². The van der Waals surface area contributed by atoms with Crippen LogP contribution in [-0.2, 0) is 0 Å². The Balaban J connectivity index is 1.31. The minimum absolute atomic E-state index is 0.0807. The number of carbonyl (C=O) groups is 1. The lowest BCUT2D eigenvalue weighted by Gasteiger charge is -2.21. The van der Waals surface area contributed by atoms with Crippen LogP contribution in [0.1, 0.15) is 60.7 Å². The first-order chi connectivity index (χ1) is 18.9. The van der Waals surface area contributed by atoms with E-state index >= 15 is 0 Å². The van der Waals surface area contributed by atoms with Gasteiger partial charge in [-0.2, -0.15) is 4.98 Å². The van der Waals surface area contributed by atoms with E-state index in [0.29, 0.717) is 52.1 Å². The molecular weight excluding hydrogens is 496 g/mol. The van der Waals surface area contributed by atoms with Crippen LogP contribution in [0.4, 0.5) is 0 Å². The summed E-state index contributed by atoms with van der Waals surface area (Å²) in [4.78, 5) is 32.1. The SMILES string of the molecule is COc1ncccc1-c1ccc(O)c(-c2nc3ccc(C(=O)N4CCCC4c4nc(C(C)C)no4)cc3[nH]2)c1. The van der Waals surface area contributed by atoms with Crippen LogP contribution in [0.2, 0.25) is 0 Å². The van der Waals surface area contributed by atoms with Crippen molar-refractivity contribution >= 4 is 16.9 Å². The molecule has 6 rings (SSSR count). The smallest absolute Gasteiger partial charge is 0.254 e. The Hall–Kier alpha value is -4.73. The fourth-order valence-electron chi connectivity index (χ4n) is 4.99. The summed E-state index contributed by atoms with van der Waals surface area (Å²) in [6.07, 6.45) is 3.31. The van der Waals surface area contributed by atoms with E-state index in [0.717, 1.165) is 24.0 Å². The molecule has 0 spiro atoms. The second kappa shape index (κ2) is 9.86. The number of aromatic hydroxyl groups is 1. The van der Waals surface area contributed by atoms with Crippen LogP contribution in [0, 0.1) is 0 Å². The number of aromatic nitrogens is 5. The molecule has 2 aromatic carbocycles. The third kappa shape index (κ3) is 4.47. The highest BCUT2D eigenvalue weighted by Crippen LogP contribution is 2.36. The number of nitrogens with one attached hydrogen (secondary N) is 1. The molecule has 1 unspecified atom stereocenters. The summed E-state index contributed by atoms with van der Waals surface area (Å²) in [6.45, 7) is 4.63. The highest BCUT2D eigenvalue weighted by atomic mass is 16.5. The summed E-state index contributed by atoms with van der Waals surface area (Å²) in [5.41, 5.74) is 4.06. The van der Waals surface area contributed by atoms with Crippen molar-refractivity contribution in [2.45, 2.75) is 38.6 Å². The lowest BCUT2D eigenvalue weighted by Crippen LogP contribution is -2.30. The predicted molar refractivity (Wildman–Crippen MR) is 144 cm³/mol. The summed E-state index contributed by atoms with van der Waals surface area (Å²) >= 11 is 0. The topological polar surface area (TPSA) is 130 Å². The number of pyridine rings is 1. The lowest BCUT2D eigenvalue weighted by molar-refractivity contribution is 0.0710. The molecule has 10 nitrogen and oxygen atoms in total. The van der Waals surface area contributed by atoms with Gasteiger partial charge in [-0.3, -0.25) is 4.79 Å². The van der Waals surface area contributed by atoms with Crippen molar-refractivity contribution in [2.24, 2.45) is 0 Å². The van der Waals surface area contributed by atoms with E-state index in [-0.39, 0.29) is 23.6 Å². The molecule has 0 saturated carbocycles. The van der Waals surface area contributed by atoms with Gasteiger partial charge >= 0.3 is 0 Å². The average molecular weight is 525 g/mol. The molecule has 10 heteroatoms. The molecule has 1 saturated heterocycles. The third-order valence-electron chi connectivity index (χ3n) is 7.03. The molecule has 2 N–H and O–H groups in total. The van der Waals surface area contributed by atoms with Gasteiger partial charge in [0.2, 0.25) is 11.8 Å². The number of methoxy groups -OCH3 is 1. The number of ether oxygens (including phenoxy) is 1. The number of imidazole rings is 1. The molecule has 1 amide bonds. The molecule has 0 aliphatic carbocycles. The number of fused-ring (bicyclic) bond motifs is 1. The standard InChI is InChI=1S/C29H28N6O4/c1-16(2)25-33-28(39-34-25)23-7-5-13-35(23)29(37)18-8-10-21-22(15-18)32-26(31-21)20-14-17(9-11-24(20)36)19-6-4-12-30-27(19)38-3/h4,6,8-12,14-16,23,36H,5,7,13H2,1-3H3,(H,31,32). The molecule has 0 bridgehead atoms. The number of hydrogen-bond donors (Lipinski definition) is 2. The number of rotatable bonds is 6. The van der Waals surface area contributed by atoms with E-state index in [1.54, 1.807) is 42.5 Å². The Morgan fingerprint density at radius 3 is 2.82 bits per heavy atom. The van der Waals surface area contributed by atoms with Crippen LogP contribution < -0.4 is 4.74 Å². The average Bonchev–Trinajstić information content (AvgIpc) is 3.71. The van der Waals surface area contributed by atoms with Gasteiger partial charge in [0, 0.05) is 29.8 Å². The van der Waals surface area contributed by atoms with Gasteiger partial charge in [0.25, 0.3) is 5.91 Å². The van der Waals surface area contributed by atoms with Crippen molar-refractivity contribution in [3.8, 4) is 34.1 Å². The summed E-state index contributed by atoms with van der Waals surface area (Å²) in [6, 6.07) is 14.1. The maximum absolute atomic E-state index is 13.6. The second-order valence-corrected chi connectivity index (χ2v) is 9.91. The first-order valence-electron chi connectivity index (χ1n) is 12.9. The van der Waals surface area contributed by atoms with Crippen molar-refractivity contribution in [3.05, 3.63) is 72.0 Å². The first-order valence-corrected chi connectivity index (χ1v) is 12.9. The Morgan fingerprint density at radius 1 is 1.15 bits per heavy atom. The van der Waals surface area contributed by atoms with E-state index < -0.39 is 0 Å². The van der Waals surface area contributed by atoms with Gasteiger partial charge in [-0.15, -0.1) is 0 Å². The molecule has 39 heavy (non-hydrogen) atoms. The number of benzene rings is 2. The van der Waals surface area contributed by atoms with Crippen LogP contribution in [0.5, 0.6) is 11.6 Å². The van der Waals surface area contributed by atoms with E-state index in [1.807, 2.05) is 38.1 Å². The summed E-state index contributed by atoms with van der Waals surface area (Å²) in [5, 5.41) is 14.7. The number of nitrogens with zero attached hydrogens (tertiary/aromatic N) is 5. The van der Waals surface area contributed by atoms with Crippen LogP contribution in [-0.4, -0.2) is 54.7 Å². The zero-order valence-corrected chi connectivity index (χ0v) is 21.9. The van der Waals surface area contributed by atoms with Gasteiger partial charge in [0.15, 0.2) is 5.82 Å². The van der Waals surface area contributed by atoms with Crippen molar-refractivity contribution in [1.29, 1.82) is 0 Å². The first kappa shape index (κ1) is 24.6. The normalized spacial score (nSPS) is 15.4. The second-order valence-electron chi connectivity index (χ2n) is 9.91. The van der Waals surface area contributed by atoms with Gasteiger partial charge in [-0.1, -0.05) is 25.1 Å². The minimum atomic E-state index is -0.241. The van der Waals surface area contributed by atoms with E-state index in [4.69, 9.17) is 9.26 Å². The molecule has 198 valence electrons. The number of carbonyl (C=O) groups excluding carboxylic acids is 1. The quantitative estimate of drug-likeness (QED) is 0.298. The number of amides is 1. The van der Waals surface area contributed by atoms with Gasteiger partial charge in [-0.25, -0.2) is 9.97 Å². The van der Waals surface area contributed by atoms with E-state index in [9.17, 15) is 9.90 Å². The Morgan fingerprint density at radius 2 is 2.03 bits per heavy atom. The fraction of sp³-hybridized carbons (Fsp3) is 0.276. The van der Waals surface area contributed by atoms with Gasteiger partial charge < -0.3 is 24.3 Å². The monoisotopic (exact) mass is 524 g/mol. The Kier molecular flexibility index (Phi) is 6.22. The molecule has 3 aromatic heterocycles. The highest BCUT2D eigenvalue weighted by molar-refractivity contribution is 5.98. The molecule has 1 fully saturated rings. The zero-order chi connectivity index (χ0) is 27.1. The van der Waals surface area contributed by atoms with E-state index in [1.165, 1.54) is 0 Å². The van der Waals surface area contributed by atoms with Crippen LogP contribution in [0.3, 0.4) is 0 Å². The van der Waals surface area contributed by atoms with Crippen molar-refractivity contribution in [2.75, 3.05) is 13.7 Å². The van der Waals surface area contributed by atoms with Gasteiger partial charge in [0.05, 0.1) is 23.7 Å². The number of likely N-dealkylation sites (tertiary alicyclic amines) is 1. The van der Waals surface area contributed by atoms with E-state index in [2.05, 4.69) is 25.1 Å². The molecule has 1 aliphatic rings. The molecule has 5 aromatic rings. The van der Waals surface area contributed by atoms with Crippen molar-refractivity contribution in [1.82, 2.24) is 30.0 Å². The maximum Gasteiger partial charge on any atom is 0.254 e. The number of hydrogen-bond acceptors (Lipinski definition) is 8. The van der Waals surface area contributed by atoms with Gasteiger partial charge in [-0.05, 0) is 60.9 Å². The molecule has 4 heterocycles. The Labute approximate surface area is 224 Å². The van der Waals surface area contributed by atoms with Crippen LogP contribution in [0.15, 0.2) is 59.3 Å². The fourth-order valence-corrected chi connectivity index (χ4v) is 4.99. The summed E-state index contributed by atoms with van der Waals surface area (Å²) in [7, 11) is 1.57.